The van der Waals surface area contributed by atoms with Crippen LogP contribution >= 0.6 is 0 Å². The molecule has 3 nitrogen and oxygen atoms in total. The predicted molar refractivity (Wildman–Crippen MR) is 97.9 cm³/mol. The Kier molecular flexibility index (Phi) is 16.6. The van der Waals surface area contributed by atoms with Crippen molar-refractivity contribution in [3.63, 3.8) is 0 Å². The normalized spacial score (nSPS) is 12.0. The van der Waals surface area contributed by atoms with E-state index < -0.39 is 5.97 Å². The van der Waals surface area contributed by atoms with Gasteiger partial charge in [0.05, 0.1) is 6.42 Å². The first-order valence-electron chi connectivity index (χ1n) is 10.1. The van der Waals surface area contributed by atoms with Crippen molar-refractivity contribution in [2.45, 2.75) is 122 Å². The van der Waals surface area contributed by atoms with E-state index in [-0.39, 0.29) is 0 Å². The molecule has 0 saturated heterocycles. The fourth-order valence-electron chi connectivity index (χ4n) is 2.99. The molecule has 3 heteroatoms. The molecule has 0 saturated carbocycles. The number of rotatable bonds is 18. The minimum Gasteiger partial charge on any atom is -0.343 e. The lowest BCUT2D eigenvalue weighted by Gasteiger charge is -2.12. The van der Waals surface area contributed by atoms with Crippen molar-refractivity contribution in [3.8, 4) is 0 Å². The summed E-state index contributed by atoms with van der Waals surface area (Å²) >= 11 is 0. The molecule has 0 aliphatic rings. The summed E-state index contributed by atoms with van der Waals surface area (Å²) in [5.74, 6) is -2.59. The molecule has 1 radical (unpaired) electrons. The molecule has 0 aliphatic heterocycles. The van der Waals surface area contributed by atoms with Gasteiger partial charge in [-0.1, -0.05) is 110 Å². The summed E-state index contributed by atoms with van der Waals surface area (Å²) in [5.41, 5.74) is 0. The number of aliphatic hydroxyl groups is 3. The lowest BCUT2D eigenvalue weighted by molar-refractivity contribution is -0.287. The Labute approximate surface area is 144 Å². The van der Waals surface area contributed by atoms with Crippen LogP contribution < -0.4 is 0 Å². The van der Waals surface area contributed by atoms with Crippen molar-refractivity contribution >= 4 is 0 Å². The highest BCUT2D eigenvalue weighted by molar-refractivity contribution is 4.71. The van der Waals surface area contributed by atoms with E-state index in [1.54, 1.807) is 0 Å². The van der Waals surface area contributed by atoms with Gasteiger partial charge in [0.1, 0.15) is 0 Å². The largest absolute Gasteiger partial charge is 0.343 e. The van der Waals surface area contributed by atoms with E-state index in [9.17, 15) is 0 Å². The van der Waals surface area contributed by atoms with Crippen LogP contribution in [0.4, 0.5) is 0 Å². The van der Waals surface area contributed by atoms with Gasteiger partial charge in [-0.3, -0.25) is 0 Å². The molecule has 0 aliphatic carbocycles. The maximum Gasteiger partial charge on any atom is 0.278 e. The summed E-state index contributed by atoms with van der Waals surface area (Å²) in [6.07, 6.45) is 23.0. The Morgan fingerprint density at radius 1 is 0.522 bits per heavy atom. The molecular formula is C20H41O3. The van der Waals surface area contributed by atoms with E-state index in [2.05, 4.69) is 6.92 Å². The molecule has 0 heterocycles. The summed E-state index contributed by atoms with van der Waals surface area (Å²) in [4.78, 5) is 0. The first-order chi connectivity index (χ1) is 11.1. The Balaban J connectivity index is 3.00. The minimum absolute atomic E-state index is 0.557. The fraction of sp³-hybridized carbons (Fsp3) is 0.950. The summed E-state index contributed by atoms with van der Waals surface area (Å²) in [6, 6.07) is 0. The first-order valence-corrected chi connectivity index (χ1v) is 10.1. The maximum absolute atomic E-state index is 8.70. The lowest BCUT2D eigenvalue weighted by atomic mass is 10.0. The Morgan fingerprint density at radius 3 is 1.13 bits per heavy atom. The van der Waals surface area contributed by atoms with E-state index >= 15 is 0 Å². The van der Waals surface area contributed by atoms with Gasteiger partial charge in [-0.05, 0) is 6.42 Å². The van der Waals surface area contributed by atoms with Gasteiger partial charge in [0.25, 0.3) is 5.97 Å². The third kappa shape index (κ3) is 21.9. The van der Waals surface area contributed by atoms with Crippen LogP contribution in [0.2, 0.25) is 0 Å². The smallest absolute Gasteiger partial charge is 0.278 e. The summed E-state index contributed by atoms with van der Waals surface area (Å²) in [6.45, 7) is 2.27. The lowest BCUT2D eigenvalue weighted by Crippen LogP contribution is -2.27. The standard InChI is InChI=1S/C20H41O3/c1-2-3-4-5-6-7-8-9-10-11-12-13-14-15-16-17-18-19-20(21,22)23/h19,21-23H,2-18H2,1H3. The van der Waals surface area contributed by atoms with E-state index in [4.69, 9.17) is 15.3 Å². The van der Waals surface area contributed by atoms with E-state index in [1.807, 2.05) is 0 Å². The molecule has 0 aromatic carbocycles. The van der Waals surface area contributed by atoms with Crippen LogP contribution in [0.15, 0.2) is 0 Å². The Morgan fingerprint density at radius 2 is 0.826 bits per heavy atom. The number of hydrogen-bond donors (Lipinski definition) is 3. The minimum atomic E-state index is -2.59. The number of unbranched alkanes of at least 4 members (excludes halogenated alkanes) is 16. The van der Waals surface area contributed by atoms with Crippen LogP contribution in [0.25, 0.3) is 0 Å². The molecule has 0 atom stereocenters. The van der Waals surface area contributed by atoms with Gasteiger partial charge in [0.2, 0.25) is 0 Å². The topological polar surface area (TPSA) is 60.7 Å². The molecule has 0 fully saturated rings. The SMILES string of the molecule is CCCCCCCCCCCCCCCCCC[CH]C(O)(O)O. The quantitative estimate of drug-likeness (QED) is 0.231. The zero-order valence-corrected chi connectivity index (χ0v) is 15.4. The van der Waals surface area contributed by atoms with Gasteiger partial charge < -0.3 is 15.3 Å². The van der Waals surface area contributed by atoms with Crippen LogP contribution in [0.1, 0.15) is 116 Å². The third-order valence-corrected chi connectivity index (χ3v) is 4.48. The van der Waals surface area contributed by atoms with Gasteiger partial charge in [0.15, 0.2) is 0 Å². The van der Waals surface area contributed by atoms with Gasteiger partial charge in [-0.25, -0.2) is 0 Å². The highest BCUT2D eigenvalue weighted by atomic mass is 16.7. The molecule has 0 aromatic heterocycles. The first kappa shape index (κ1) is 22.9. The van der Waals surface area contributed by atoms with Crippen LogP contribution in [0, 0.1) is 6.42 Å². The second-order valence-electron chi connectivity index (χ2n) is 6.98. The molecule has 0 spiro atoms. The van der Waals surface area contributed by atoms with Crippen molar-refractivity contribution in [1.82, 2.24) is 0 Å². The second-order valence-corrected chi connectivity index (χ2v) is 6.98. The number of hydrogen-bond acceptors (Lipinski definition) is 3. The van der Waals surface area contributed by atoms with Crippen molar-refractivity contribution in [2.24, 2.45) is 0 Å². The second kappa shape index (κ2) is 16.7. The van der Waals surface area contributed by atoms with Crippen LogP contribution in [0.5, 0.6) is 0 Å². The monoisotopic (exact) mass is 329 g/mol. The average Bonchev–Trinajstić information content (AvgIpc) is 2.49. The van der Waals surface area contributed by atoms with Crippen LogP contribution in [0.3, 0.4) is 0 Å². The predicted octanol–water partition coefficient (Wildman–Crippen LogP) is 5.47. The Hall–Kier alpha value is -0.120. The van der Waals surface area contributed by atoms with Crippen LogP contribution in [-0.2, 0) is 0 Å². The highest BCUT2D eigenvalue weighted by Gasteiger charge is 2.16. The van der Waals surface area contributed by atoms with Crippen molar-refractivity contribution < 1.29 is 15.3 Å². The molecular weight excluding hydrogens is 288 g/mol. The highest BCUT2D eigenvalue weighted by Crippen LogP contribution is 2.14. The zero-order chi connectivity index (χ0) is 17.2. The summed E-state index contributed by atoms with van der Waals surface area (Å²) in [5, 5.41) is 26.1. The molecule has 0 amide bonds. The molecule has 0 bridgehead atoms. The van der Waals surface area contributed by atoms with Crippen molar-refractivity contribution in [1.29, 1.82) is 0 Å². The van der Waals surface area contributed by atoms with Gasteiger partial charge in [-0.2, -0.15) is 0 Å². The van der Waals surface area contributed by atoms with Crippen LogP contribution in [-0.4, -0.2) is 21.3 Å². The van der Waals surface area contributed by atoms with Crippen molar-refractivity contribution in [2.75, 3.05) is 0 Å². The zero-order valence-electron chi connectivity index (χ0n) is 15.4. The third-order valence-electron chi connectivity index (χ3n) is 4.48. The Bertz CT molecular complexity index is 223. The fourth-order valence-corrected chi connectivity index (χ4v) is 2.99. The van der Waals surface area contributed by atoms with E-state index in [0.29, 0.717) is 6.42 Å². The summed E-state index contributed by atoms with van der Waals surface area (Å²) < 4.78 is 0. The van der Waals surface area contributed by atoms with E-state index in [0.717, 1.165) is 19.3 Å². The molecule has 139 valence electrons. The maximum atomic E-state index is 8.70. The summed E-state index contributed by atoms with van der Waals surface area (Å²) in [7, 11) is 0. The van der Waals surface area contributed by atoms with Gasteiger partial charge in [-0.15, -0.1) is 0 Å². The van der Waals surface area contributed by atoms with Crippen molar-refractivity contribution in [3.05, 3.63) is 6.42 Å². The van der Waals surface area contributed by atoms with Gasteiger partial charge >= 0.3 is 0 Å². The average molecular weight is 330 g/mol. The molecule has 0 rings (SSSR count). The molecule has 3 N–H and O–H groups in total. The molecule has 0 unspecified atom stereocenters. The molecule has 0 aromatic rings. The molecule has 23 heavy (non-hydrogen) atoms. The van der Waals surface area contributed by atoms with E-state index in [1.165, 1.54) is 89.9 Å². The van der Waals surface area contributed by atoms with Gasteiger partial charge in [0, 0.05) is 0 Å².